The highest BCUT2D eigenvalue weighted by Gasteiger charge is 2.01. The Morgan fingerprint density at radius 3 is 2.65 bits per heavy atom. The molecule has 0 radical (unpaired) electrons. The van der Waals surface area contributed by atoms with Crippen molar-refractivity contribution >= 4 is 5.91 Å². The Bertz CT molecular complexity index is 335. The fraction of sp³-hybridized carbons (Fsp3) is 0.462. The summed E-state index contributed by atoms with van der Waals surface area (Å²) in [4.78, 5) is 11.3. The third-order valence-electron chi connectivity index (χ3n) is 2.27. The van der Waals surface area contributed by atoms with E-state index in [1.54, 1.807) is 12.1 Å². The highest BCUT2D eigenvalue weighted by atomic mass is 16.5. The number of ether oxygens (including phenoxy) is 1. The third-order valence-corrected chi connectivity index (χ3v) is 2.27. The standard InChI is InChI=1S/C13H19NO3/c1-2-8-14-13(16)10-17-12-5-3-11(4-6-12)7-9-15/h3-6,15H,2,7-10H2,1H3,(H,14,16). The van der Waals surface area contributed by atoms with E-state index in [2.05, 4.69) is 5.32 Å². The Labute approximate surface area is 102 Å². The lowest BCUT2D eigenvalue weighted by molar-refractivity contribution is -0.123. The summed E-state index contributed by atoms with van der Waals surface area (Å²) in [5, 5.41) is 11.5. The molecule has 0 saturated carbocycles. The molecule has 0 aliphatic carbocycles. The number of rotatable bonds is 7. The van der Waals surface area contributed by atoms with Crippen molar-refractivity contribution in [1.82, 2.24) is 5.32 Å². The van der Waals surface area contributed by atoms with E-state index in [1.807, 2.05) is 19.1 Å². The summed E-state index contributed by atoms with van der Waals surface area (Å²) in [5.41, 5.74) is 1.05. The Morgan fingerprint density at radius 2 is 2.06 bits per heavy atom. The Hall–Kier alpha value is -1.55. The molecule has 0 aliphatic heterocycles. The van der Waals surface area contributed by atoms with Crippen LogP contribution in [0, 0.1) is 0 Å². The molecular formula is C13H19NO3. The van der Waals surface area contributed by atoms with Crippen LogP contribution < -0.4 is 10.1 Å². The van der Waals surface area contributed by atoms with Gasteiger partial charge in [0.25, 0.3) is 5.91 Å². The van der Waals surface area contributed by atoms with E-state index in [4.69, 9.17) is 9.84 Å². The predicted octanol–water partition coefficient (Wildman–Crippen LogP) is 1.13. The summed E-state index contributed by atoms with van der Waals surface area (Å²) < 4.78 is 5.32. The second kappa shape index (κ2) is 7.68. The van der Waals surface area contributed by atoms with E-state index in [0.717, 1.165) is 12.0 Å². The van der Waals surface area contributed by atoms with Crippen LogP contribution >= 0.6 is 0 Å². The zero-order valence-corrected chi connectivity index (χ0v) is 10.1. The van der Waals surface area contributed by atoms with Crippen molar-refractivity contribution in [3.8, 4) is 5.75 Å². The molecule has 1 amide bonds. The van der Waals surface area contributed by atoms with Crippen LogP contribution in [-0.4, -0.2) is 30.8 Å². The van der Waals surface area contributed by atoms with Crippen molar-refractivity contribution in [1.29, 1.82) is 0 Å². The number of amides is 1. The molecule has 0 aliphatic rings. The fourth-order valence-electron chi connectivity index (χ4n) is 1.35. The van der Waals surface area contributed by atoms with Crippen molar-refractivity contribution in [2.75, 3.05) is 19.8 Å². The Balaban J connectivity index is 2.34. The molecule has 0 heterocycles. The van der Waals surface area contributed by atoms with Gasteiger partial charge in [0.1, 0.15) is 5.75 Å². The van der Waals surface area contributed by atoms with Gasteiger partial charge in [0, 0.05) is 13.2 Å². The van der Waals surface area contributed by atoms with Crippen molar-refractivity contribution in [3.05, 3.63) is 29.8 Å². The monoisotopic (exact) mass is 237 g/mol. The van der Waals surface area contributed by atoms with Gasteiger partial charge in [-0.1, -0.05) is 19.1 Å². The van der Waals surface area contributed by atoms with E-state index >= 15 is 0 Å². The van der Waals surface area contributed by atoms with Crippen molar-refractivity contribution < 1.29 is 14.6 Å². The van der Waals surface area contributed by atoms with Crippen molar-refractivity contribution in [2.45, 2.75) is 19.8 Å². The molecule has 94 valence electrons. The van der Waals surface area contributed by atoms with Gasteiger partial charge in [0.2, 0.25) is 0 Å². The lowest BCUT2D eigenvalue weighted by atomic mass is 10.1. The molecule has 0 saturated heterocycles. The minimum absolute atomic E-state index is 0.0410. The predicted molar refractivity (Wildman–Crippen MR) is 66.0 cm³/mol. The van der Waals surface area contributed by atoms with E-state index in [0.29, 0.717) is 18.7 Å². The molecule has 17 heavy (non-hydrogen) atoms. The molecule has 0 fully saturated rings. The van der Waals surface area contributed by atoms with Crippen LogP contribution in [0.3, 0.4) is 0 Å². The average Bonchev–Trinajstić information content (AvgIpc) is 2.36. The van der Waals surface area contributed by atoms with Gasteiger partial charge < -0.3 is 15.2 Å². The van der Waals surface area contributed by atoms with Crippen LogP contribution in [0.5, 0.6) is 5.75 Å². The Kier molecular flexibility index (Phi) is 6.10. The number of benzene rings is 1. The summed E-state index contributed by atoms with van der Waals surface area (Å²) in [5.74, 6) is 0.560. The molecule has 2 N–H and O–H groups in total. The molecular weight excluding hydrogens is 218 g/mol. The fourth-order valence-corrected chi connectivity index (χ4v) is 1.35. The first-order valence-corrected chi connectivity index (χ1v) is 5.85. The van der Waals surface area contributed by atoms with Gasteiger partial charge in [-0.25, -0.2) is 0 Å². The maximum atomic E-state index is 11.3. The van der Waals surface area contributed by atoms with Crippen molar-refractivity contribution in [3.63, 3.8) is 0 Å². The highest BCUT2D eigenvalue weighted by molar-refractivity contribution is 5.77. The van der Waals surface area contributed by atoms with Crippen LogP contribution in [0.4, 0.5) is 0 Å². The topological polar surface area (TPSA) is 58.6 Å². The SMILES string of the molecule is CCCNC(=O)COc1ccc(CCO)cc1. The quantitative estimate of drug-likeness (QED) is 0.747. The number of aliphatic hydroxyl groups is 1. The number of carbonyl (C=O) groups is 1. The molecule has 0 bridgehead atoms. The number of carbonyl (C=O) groups excluding carboxylic acids is 1. The third kappa shape index (κ3) is 5.36. The summed E-state index contributed by atoms with van der Waals surface area (Å²) in [7, 11) is 0. The number of aliphatic hydroxyl groups excluding tert-OH is 1. The molecule has 0 spiro atoms. The average molecular weight is 237 g/mol. The molecule has 4 nitrogen and oxygen atoms in total. The lowest BCUT2D eigenvalue weighted by Gasteiger charge is -2.07. The minimum atomic E-state index is -0.105. The second-order valence-electron chi connectivity index (χ2n) is 3.76. The molecule has 1 rings (SSSR count). The molecule has 0 atom stereocenters. The smallest absolute Gasteiger partial charge is 0.257 e. The molecule has 0 aromatic heterocycles. The zero-order valence-electron chi connectivity index (χ0n) is 10.1. The summed E-state index contributed by atoms with van der Waals surface area (Å²) in [6.07, 6.45) is 1.55. The molecule has 1 aromatic rings. The van der Waals surface area contributed by atoms with Crippen molar-refractivity contribution in [2.24, 2.45) is 0 Å². The van der Waals surface area contributed by atoms with Crippen LogP contribution in [-0.2, 0) is 11.2 Å². The van der Waals surface area contributed by atoms with Gasteiger partial charge in [0.05, 0.1) is 0 Å². The lowest BCUT2D eigenvalue weighted by Crippen LogP contribution is -2.29. The van der Waals surface area contributed by atoms with Gasteiger partial charge in [-0.3, -0.25) is 4.79 Å². The van der Waals surface area contributed by atoms with Crippen LogP contribution in [0.1, 0.15) is 18.9 Å². The molecule has 4 heteroatoms. The zero-order chi connectivity index (χ0) is 12.5. The maximum Gasteiger partial charge on any atom is 0.257 e. The number of nitrogens with one attached hydrogen (secondary N) is 1. The van der Waals surface area contributed by atoms with Gasteiger partial charge in [0.15, 0.2) is 6.61 Å². The van der Waals surface area contributed by atoms with E-state index in [1.165, 1.54) is 0 Å². The van der Waals surface area contributed by atoms with Crippen LogP contribution in [0.2, 0.25) is 0 Å². The Morgan fingerprint density at radius 1 is 1.35 bits per heavy atom. The van der Waals surface area contributed by atoms with Crippen LogP contribution in [0.15, 0.2) is 24.3 Å². The number of hydrogen-bond donors (Lipinski definition) is 2. The highest BCUT2D eigenvalue weighted by Crippen LogP contribution is 2.12. The molecule has 0 unspecified atom stereocenters. The summed E-state index contributed by atoms with van der Waals surface area (Å²) >= 11 is 0. The first-order chi connectivity index (χ1) is 8.26. The van der Waals surface area contributed by atoms with E-state index in [9.17, 15) is 4.79 Å². The first-order valence-electron chi connectivity index (χ1n) is 5.85. The van der Waals surface area contributed by atoms with E-state index in [-0.39, 0.29) is 19.1 Å². The second-order valence-corrected chi connectivity index (χ2v) is 3.76. The summed E-state index contributed by atoms with van der Waals surface area (Å²) in [6, 6.07) is 7.38. The minimum Gasteiger partial charge on any atom is -0.484 e. The summed E-state index contributed by atoms with van der Waals surface area (Å²) in [6.45, 7) is 2.86. The van der Waals surface area contributed by atoms with E-state index < -0.39 is 0 Å². The van der Waals surface area contributed by atoms with Crippen LogP contribution in [0.25, 0.3) is 0 Å². The number of hydrogen-bond acceptors (Lipinski definition) is 3. The maximum absolute atomic E-state index is 11.3. The van der Waals surface area contributed by atoms with Gasteiger partial charge in [-0.2, -0.15) is 0 Å². The molecule has 1 aromatic carbocycles. The largest absolute Gasteiger partial charge is 0.484 e. The van der Waals surface area contributed by atoms with Gasteiger partial charge in [-0.15, -0.1) is 0 Å². The van der Waals surface area contributed by atoms with Gasteiger partial charge in [-0.05, 0) is 30.5 Å². The first kappa shape index (κ1) is 13.5. The van der Waals surface area contributed by atoms with Gasteiger partial charge >= 0.3 is 0 Å². The normalized spacial score (nSPS) is 10.0.